The van der Waals surface area contributed by atoms with E-state index >= 15 is 0 Å². The van der Waals surface area contributed by atoms with Crippen molar-refractivity contribution in [1.82, 2.24) is 0 Å². The molecule has 29 heavy (non-hydrogen) atoms. The molecule has 150 valence electrons. The second kappa shape index (κ2) is 8.94. The predicted molar refractivity (Wildman–Crippen MR) is 112 cm³/mol. The number of esters is 1. The van der Waals surface area contributed by atoms with Crippen molar-refractivity contribution in [2.24, 2.45) is 0 Å². The summed E-state index contributed by atoms with van der Waals surface area (Å²) in [6, 6.07) is 16.7. The minimum atomic E-state index is -4.30. The Morgan fingerprint density at radius 2 is 1.69 bits per heavy atom. The van der Waals surface area contributed by atoms with Gasteiger partial charge in [0.2, 0.25) is 0 Å². The number of carbonyl (C=O) groups excluding carboxylic acids is 1. The predicted octanol–water partition coefficient (Wildman–Crippen LogP) is 5.40. The van der Waals surface area contributed by atoms with Crippen LogP contribution >= 0.6 is 27.5 Å². The first-order valence-electron chi connectivity index (χ1n) is 8.26. The number of nitrogens with one attached hydrogen (secondary N) is 1. The summed E-state index contributed by atoms with van der Waals surface area (Å²) in [7, 11) is -4.30. The molecule has 0 unspecified atom stereocenters. The molecule has 0 bridgehead atoms. The van der Waals surface area contributed by atoms with Gasteiger partial charge < -0.3 is 4.74 Å². The number of halogens is 3. The lowest BCUT2D eigenvalue weighted by atomic mass is 10.2. The van der Waals surface area contributed by atoms with Crippen LogP contribution in [0.5, 0.6) is 0 Å². The molecule has 3 rings (SSSR count). The van der Waals surface area contributed by atoms with Gasteiger partial charge in [-0.2, -0.15) is 0 Å². The largest absolute Gasteiger partial charge is 0.457 e. The van der Waals surface area contributed by atoms with Gasteiger partial charge in [-0.15, -0.1) is 0 Å². The zero-order valence-corrected chi connectivity index (χ0v) is 17.9. The van der Waals surface area contributed by atoms with Crippen LogP contribution < -0.4 is 4.72 Å². The smallest absolute Gasteiger partial charge is 0.342 e. The van der Waals surface area contributed by atoms with Crippen LogP contribution in [0.2, 0.25) is 5.02 Å². The molecule has 3 aromatic rings. The van der Waals surface area contributed by atoms with Crippen LogP contribution in [0.3, 0.4) is 0 Å². The van der Waals surface area contributed by atoms with Crippen LogP contribution in [0.25, 0.3) is 0 Å². The Balaban J connectivity index is 1.93. The maximum Gasteiger partial charge on any atom is 0.342 e. The van der Waals surface area contributed by atoms with Gasteiger partial charge in [0.05, 0.1) is 10.7 Å². The Hall–Kier alpha value is -2.42. The quantitative estimate of drug-likeness (QED) is 0.462. The molecule has 0 fully saturated rings. The van der Waals surface area contributed by atoms with Crippen LogP contribution in [0.4, 0.5) is 10.1 Å². The zero-order chi connectivity index (χ0) is 21.0. The summed E-state index contributed by atoms with van der Waals surface area (Å²) in [6.45, 7) is -0.0258. The van der Waals surface area contributed by atoms with E-state index in [1.807, 2.05) is 6.07 Å². The first kappa shape index (κ1) is 21.3. The molecule has 0 spiro atoms. The minimum Gasteiger partial charge on any atom is -0.457 e. The van der Waals surface area contributed by atoms with Crippen molar-refractivity contribution in [3.63, 3.8) is 0 Å². The molecule has 0 saturated heterocycles. The molecule has 9 heteroatoms. The Kier molecular flexibility index (Phi) is 6.56. The fourth-order valence-electron chi connectivity index (χ4n) is 2.49. The van der Waals surface area contributed by atoms with Gasteiger partial charge in [-0.25, -0.2) is 17.6 Å². The fraction of sp³-hybridized carbons (Fsp3) is 0.0500. The van der Waals surface area contributed by atoms with Crippen LogP contribution in [-0.2, 0) is 21.4 Å². The minimum absolute atomic E-state index is 0.0258. The van der Waals surface area contributed by atoms with E-state index in [1.54, 1.807) is 24.3 Å². The lowest BCUT2D eigenvalue weighted by Crippen LogP contribution is -2.18. The second-order valence-corrected chi connectivity index (χ2v) is 8.76. The topological polar surface area (TPSA) is 72.5 Å². The van der Waals surface area contributed by atoms with Gasteiger partial charge in [-0.3, -0.25) is 4.72 Å². The van der Waals surface area contributed by atoms with E-state index in [0.29, 0.717) is 4.47 Å². The molecule has 0 aliphatic rings. The number of carbonyl (C=O) groups is 1. The maximum absolute atomic E-state index is 14.0. The molecule has 0 heterocycles. The molecule has 0 aliphatic carbocycles. The van der Waals surface area contributed by atoms with E-state index in [1.165, 1.54) is 24.3 Å². The first-order chi connectivity index (χ1) is 13.8. The molecule has 5 nitrogen and oxygen atoms in total. The van der Waals surface area contributed by atoms with Gasteiger partial charge >= 0.3 is 5.97 Å². The number of ether oxygens (including phenoxy) is 1. The zero-order valence-electron chi connectivity index (χ0n) is 14.7. The third-order valence-electron chi connectivity index (χ3n) is 3.88. The highest BCUT2D eigenvalue weighted by Crippen LogP contribution is 2.34. The van der Waals surface area contributed by atoms with Crippen LogP contribution in [0, 0.1) is 5.82 Å². The molecule has 0 radical (unpaired) electrons. The Labute approximate surface area is 180 Å². The number of hydrogen-bond donors (Lipinski definition) is 1. The average Bonchev–Trinajstić information content (AvgIpc) is 2.70. The molecule has 1 N–H and O–H groups in total. The summed E-state index contributed by atoms with van der Waals surface area (Å²) in [5.41, 5.74) is 0.442. The summed E-state index contributed by atoms with van der Waals surface area (Å²) in [5, 5.41) is -0.0307. The lowest BCUT2D eigenvalue weighted by Gasteiger charge is -2.15. The van der Waals surface area contributed by atoms with Gasteiger partial charge in [0.1, 0.15) is 22.9 Å². The maximum atomic E-state index is 14.0. The third kappa shape index (κ3) is 4.95. The number of benzene rings is 3. The monoisotopic (exact) mass is 497 g/mol. The normalized spacial score (nSPS) is 11.1. The van der Waals surface area contributed by atoms with Gasteiger partial charge in [0.15, 0.2) is 0 Å². The van der Waals surface area contributed by atoms with Gasteiger partial charge in [0, 0.05) is 4.47 Å². The Morgan fingerprint density at radius 3 is 2.38 bits per heavy atom. The average molecular weight is 499 g/mol. The molecule has 0 amide bonds. The van der Waals surface area contributed by atoms with E-state index in [9.17, 15) is 17.6 Å². The van der Waals surface area contributed by atoms with Crippen LogP contribution in [-0.4, -0.2) is 14.4 Å². The summed E-state index contributed by atoms with van der Waals surface area (Å²) in [6.07, 6.45) is 0. The van der Waals surface area contributed by atoms with Gasteiger partial charge in [-0.05, 0) is 45.8 Å². The van der Waals surface area contributed by atoms with Crippen molar-refractivity contribution in [1.29, 1.82) is 0 Å². The highest BCUT2D eigenvalue weighted by Gasteiger charge is 2.25. The molecular weight excluding hydrogens is 485 g/mol. The number of hydrogen-bond acceptors (Lipinski definition) is 4. The number of anilines is 1. The SMILES string of the molecule is O=C(OCc1ccccc1)c1c(NS(=O)(=O)c2ccccc2F)ccc(Br)c1Cl. The molecule has 0 saturated carbocycles. The lowest BCUT2D eigenvalue weighted by molar-refractivity contribution is 0.0474. The third-order valence-corrected chi connectivity index (χ3v) is 6.56. The molecule has 0 atom stereocenters. The summed E-state index contributed by atoms with van der Waals surface area (Å²) in [5.74, 6) is -1.75. The van der Waals surface area contributed by atoms with Gasteiger partial charge in [0.25, 0.3) is 10.0 Å². The van der Waals surface area contributed by atoms with E-state index in [-0.39, 0.29) is 22.9 Å². The second-order valence-electron chi connectivity index (χ2n) is 5.88. The summed E-state index contributed by atoms with van der Waals surface area (Å²) in [4.78, 5) is 12.1. The van der Waals surface area contributed by atoms with Crippen molar-refractivity contribution in [2.45, 2.75) is 11.5 Å². The Bertz CT molecular complexity index is 1160. The standard InChI is InChI=1S/C20H14BrClFNO4S/c21-14-10-11-16(24-29(26,27)17-9-5-4-8-15(17)23)18(19(14)22)20(25)28-12-13-6-2-1-3-7-13/h1-11,24H,12H2. The highest BCUT2D eigenvalue weighted by molar-refractivity contribution is 9.10. The van der Waals surface area contributed by atoms with E-state index in [0.717, 1.165) is 17.7 Å². The number of rotatable bonds is 6. The first-order valence-corrected chi connectivity index (χ1v) is 10.9. The molecule has 3 aromatic carbocycles. The summed E-state index contributed by atoms with van der Waals surface area (Å²) >= 11 is 9.43. The summed E-state index contributed by atoms with van der Waals surface area (Å²) < 4.78 is 47.1. The Morgan fingerprint density at radius 1 is 1.03 bits per heavy atom. The van der Waals surface area contributed by atoms with Crippen molar-refractivity contribution in [2.75, 3.05) is 4.72 Å². The van der Waals surface area contributed by atoms with Gasteiger partial charge in [-0.1, -0.05) is 54.1 Å². The highest BCUT2D eigenvalue weighted by atomic mass is 79.9. The van der Waals surface area contributed by atoms with E-state index in [2.05, 4.69) is 20.7 Å². The van der Waals surface area contributed by atoms with Crippen LogP contribution in [0.1, 0.15) is 15.9 Å². The molecule has 0 aliphatic heterocycles. The number of sulfonamides is 1. The van der Waals surface area contributed by atoms with Crippen LogP contribution in [0.15, 0.2) is 76.1 Å². The molecule has 0 aromatic heterocycles. The van der Waals surface area contributed by atoms with Crippen molar-refractivity contribution in [3.8, 4) is 0 Å². The molecular formula is C20H14BrClFNO4S. The fourth-order valence-corrected chi connectivity index (χ4v) is 4.22. The van der Waals surface area contributed by atoms with Crippen molar-refractivity contribution >= 4 is 49.2 Å². The van der Waals surface area contributed by atoms with Crippen molar-refractivity contribution in [3.05, 3.63) is 93.2 Å². The van der Waals surface area contributed by atoms with Crippen molar-refractivity contribution < 1.29 is 22.3 Å². The van der Waals surface area contributed by atoms with E-state index < -0.39 is 26.7 Å². The van der Waals surface area contributed by atoms with E-state index in [4.69, 9.17) is 16.3 Å².